The SMILES string of the molecule is COc1c(C(=O)Nc2cc(F)ccc2F)sc2cc(Cl)ccc12. The van der Waals surface area contributed by atoms with E-state index in [-0.39, 0.29) is 10.6 Å². The van der Waals surface area contributed by atoms with E-state index in [1.54, 1.807) is 18.2 Å². The first-order valence-corrected chi connectivity index (χ1v) is 7.71. The maximum atomic E-state index is 13.7. The molecule has 0 fully saturated rings. The first kappa shape index (κ1) is 15.7. The number of fused-ring (bicyclic) bond motifs is 1. The summed E-state index contributed by atoms with van der Waals surface area (Å²) < 4.78 is 32.9. The average Bonchev–Trinajstić information content (AvgIpc) is 2.88. The Morgan fingerprint density at radius 1 is 1.22 bits per heavy atom. The van der Waals surface area contributed by atoms with E-state index in [1.807, 2.05) is 0 Å². The number of nitrogens with one attached hydrogen (secondary N) is 1. The van der Waals surface area contributed by atoms with Crippen molar-refractivity contribution in [3.8, 4) is 5.75 Å². The summed E-state index contributed by atoms with van der Waals surface area (Å²) in [6.45, 7) is 0. The highest BCUT2D eigenvalue weighted by molar-refractivity contribution is 7.21. The lowest BCUT2D eigenvalue weighted by Crippen LogP contribution is -2.12. The summed E-state index contributed by atoms with van der Waals surface area (Å²) in [5.41, 5.74) is -0.229. The van der Waals surface area contributed by atoms with Crippen LogP contribution in [0.5, 0.6) is 5.75 Å². The molecule has 0 spiro atoms. The molecule has 7 heteroatoms. The summed E-state index contributed by atoms with van der Waals surface area (Å²) in [5.74, 6) is -1.57. The molecule has 23 heavy (non-hydrogen) atoms. The molecule has 1 amide bonds. The van der Waals surface area contributed by atoms with Crippen molar-refractivity contribution in [2.45, 2.75) is 0 Å². The summed E-state index contributed by atoms with van der Waals surface area (Å²) in [4.78, 5) is 12.7. The smallest absolute Gasteiger partial charge is 0.269 e. The van der Waals surface area contributed by atoms with Gasteiger partial charge in [0.2, 0.25) is 0 Å². The largest absolute Gasteiger partial charge is 0.494 e. The second-order valence-electron chi connectivity index (χ2n) is 4.68. The van der Waals surface area contributed by atoms with Gasteiger partial charge in [-0.05, 0) is 30.3 Å². The Bertz CT molecular complexity index is 910. The molecule has 3 nitrogen and oxygen atoms in total. The standard InChI is InChI=1S/C16H10ClF2NO2S/c1-22-14-10-4-2-8(17)6-13(10)23-15(14)16(21)20-12-7-9(18)3-5-11(12)19/h2-7H,1H3,(H,20,21). The normalized spacial score (nSPS) is 10.8. The second kappa shape index (κ2) is 6.14. The third-order valence-corrected chi connectivity index (χ3v) is 4.56. The third kappa shape index (κ3) is 3.00. The van der Waals surface area contributed by atoms with Crippen LogP contribution < -0.4 is 10.1 Å². The van der Waals surface area contributed by atoms with Gasteiger partial charge in [0.05, 0.1) is 12.8 Å². The Kier molecular flexibility index (Phi) is 4.19. The minimum absolute atomic E-state index is 0.229. The van der Waals surface area contributed by atoms with E-state index in [2.05, 4.69) is 5.32 Å². The fourth-order valence-electron chi connectivity index (χ4n) is 2.17. The first-order valence-electron chi connectivity index (χ1n) is 6.52. The Labute approximate surface area is 139 Å². The molecule has 2 aromatic carbocycles. The van der Waals surface area contributed by atoms with Crippen molar-refractivity contribution in [3.63, 3.8) is 0 Å². The van der Waals surface area contributed by atoms with Crippen LogP contribution >= 0.6 is 22.9 Å². The maximum Gasteiger partial charge on any atom is 0.269 e. The van der Waals surface area contributed by atoms with Crippen LogP contribution in [-0.4, -0.2) is 13.0 Å². The highest BCUT2D eigenvalue weighted by Crippen LogP contribution is 2.39. The predicted octanol–water partition coefficient (Wildman–Crippen LogP) is 5.09. The van der Waals surface area contributed by atoms with E-state index in [1.165, 1.54) is 7.11 Å². The highest BCUT2D eigenvalue weighted by atomic mass is 35.5. The number of hydrogen-bond donors (Lipinski definition) is 1. The van der Waals surface area contributed by atoms with Gasteiger partial charge >= 0.3 is 0 Å². The maximum absolute atomic E-state index is 13.7. The predicted molar refractivity (Wildman–Crippen MR) is 87.7 cm³/mol. The second-order valence-corrected chi connectivity index (χ2v) is 6.17. The summed E-state index contributed by atoms with van der Waals surface area (Å²) in [5, 5.41) is 3.62. The molecule has 1 aromatic heterocycles. The van der Waals surface area contributed by atoms with Gasteiger partial charge in [0.25, 0.3) is 5.91 Å². The molecule has 0 unspecified atom stereocenters. The Hall–Kier alpha value is -2.18. The number of methoxy groups -OCH3 is 1. The molecule has 0 saturated carbocycles. The molecule has 3 rings (SSSR count). The minimum Gasteiger partial charge on any atom is -0.494 e. The molecule has 0 radical (unpaired) electrons. The summed E-state index contributed by atoms with van der Waals surface area (Å²) in [6, 6.07) is 7.99. The van der Waals surface area contributed by atoms with Gasteiger partial charge in [-0.1, -0.05) is 11.6 Å². The zero-order valence-corrected chi connectivity index (χ0v) is 13.4. The van der Waals surface area contributed by atoms with Gasteiger partial charge in [-0.15, -0.1) is 11.3 Å². The fourth-order valence-corrected chi connectivity index (χ4v) is 3.51. The van der Waals surface area contributed by atoms with Crippen LogP contribution in [0.4, 0.5) is 14.5 Å². The number of amides is 1. The molecule has 0 aliphatic rings. The fraction of sp³-hybridized carbons (Fsp3) is 0.0625. The molecule has 1 N–H and O–H groups in total. The van der Waals surface area contributed by atoms with Crippen molar-refractivity contribution in [2.24, 2.45) is 0 Å². The number of rotatable bonds is 3. The van der Waals surface area contributed by atoms with E-state index in [0.29, 0.717) is 10.8 Å². The first-order chi connectivity index (χ1) is 11.0. The van der Waals surface area contributed by atoms with Crippen LogP contribution in [0.1, 0.15) is 9.67 Å². The summed E-state index contributed by atoms with van der Waals surface area (Å²) in [6.07, 6.45) is 0. The van der Waals surface area contributed by atoms with Crippen molar-refractivity contribution < 1.29 is 18.3 Å². The van der Waals surface area contributed by atoms with Crippen LogP contribution in [0.2, 0.25) is 5.02 Å². The molecule has 3 aromatic rings. The van der Waals surface area contributed by atoms with Gasteiger partial charge in [0, 0.05) is 21.2 Å². The molecule has 118 valence electrons. The van der Waals surface area contributed by atoms with Crippen molar-refractivity contribution in [1.29, 1.82) is 0 Å². The van der Waals surface area contributed by atoms with E-state index >= 15 is 0 Å². The number of hydrogen-bond acceptors (Lipinski definition) is 3. The van der Waals surface area contributed by atoms with Gasteiger partial charge in [-0.25, -0.2) is 8.78 Å². The van der Waals surface area contributed by atoms with E-state index in [9.17, 15) is 13.6 Å². The molecule has 0 aliphatic carbocycles. The van der Waals surface area contributed by atoms with Crippen molar-refractivity contribution >= 4 is 44.6 Å². The lowest BCUT2D eigenvalue weighted by molar-refractivity contribution is 0.102. The number of carbonyl (C=O) groups is 1. The minimum atomic E-state index is -0.720. The van der Waals surface area contributed by atoms with Gasteiger partial charge in [0.15, 0.2) is 0 Å². The molecule has 0 saturated heterocycles. The number of thiophene rings is 1. The highest BCUT2D eigenvalue weighted by Gasteiger charge is 2.20. The lowest BCUT2D eigenvalue weighted by atomic mass is 10.2. The average molecular weight is 354 g/mol. The van der Waals surface area contributed by atoms with Crippen LogP contribution in [0.15, 0.2) is 36.4 Å². The third-order valence-electron chi connectivity index (χ3n) is 3.19. The van der Waals surface area contributed by atoms with Crippen LogP contribution in [0.3, 0.4) is 0 Å². The Morgan fingerprint density at radius 2 is 2.00 bits per heavy atom. The van der Waals surface area contributed by atoms with Gasteiger partial charge in [-0.2, -0.15) is 0 Å². The quantitative estimate of drug-likeness (QED) is 0.712. The zero-order valence-electron chi connectivity index (χ0n) is 11.8. The van der Waals surface area contributed by atoms with Crippen LogP contribution in [0.25, 0.3) is 10.1 Å². The summed E-state index contributed by atoms with van der Waals surface area (Å²) >= 11 is 7.11. The Morgan fingerprint density at radius 3 is 2.74 bits per heavy atom. The summed E-state index contributed by atoms with van der Waals surface area (Å²) in [7, 11) is 1.44. The van der Waals surface area contributed by atoms with E-state index < -0.39 is 17.5 Å². The van der Waals surface area contributed by atoms with E-state index in [0.717, 1.165) is 39.6 Å². The van der Waals surface area contributed by atoms with Crippen molar-refractivity contribution in [3.05, 3.63) is 57.9 Å². The van der Waals surface area contributed by atoms with Gasteiger partial charge in [-0.3, -0.25) is 4.79 Å². The number of halogens is 3. The number of ether oxygens (including phenoxy) is 1. The number of carbonyl (C=O) groups excluding carboxylic acids is 1. The van der Waals surface area contributed by atoms with Crippen molar-refractivity contribution in [2.75, 3.05) is 12.4 Å². The number of benzene rings is 2. The van der Waals surface area contributed by atoms with E-state index in [4.69, 9.17) is 16.3 Å². The van der Waals surface area contributed by atoms with Crippen LogP contribution in [-0.2, 0) is 0 Å². The Balaban J connectivity index is 2.02. The van der Waals surface area contributed by atoms with Crippen LogP contribution in [0, 0.1) is 11.6 Å². The molecule has 1 heterocycles. The molecule has 0 atom stereocenters. The number of anilines is 1. The zero-order chi connectivity index (χ0) is 16.6. The monoisotopic (exact) mass is 353 g/mol. The van der Waals surface area contributed by atoms with Crippen molar-refractivity contribution in [1.82, 2.24) is 0 Å². The molecule has 0 aliphatic heterocycles. The lowest BCUT2D eigenvalue weighted by Gasteiger charge is -2.07. The molecule has 0 bridgehead atoms. The topological polar surface area (TPSA) is 38.3 Å². The molecular formula is C16H10ClF2NO2S. The van der Waals surface area contributed by atoms with Gasteiger partial charge in [0.1, 0.15) is 22.3 Å². The molecular weight excluding hydrogens is 344 g/mol. The van der Waals surface area contributed by atoms with Gasteiger partial charge < -0.3 is 10.1 Å².